The lowest BCUT2D eigenvalue weighted by Crippen LogP contribution is -2.09. The second-order valence-corrected chi connectivity index (χ2v) is 13.2. The van der Waals surface area contributed by atoms with Crippen molar-refractivity contribution in [2.45, 2.75) is 46.4 Å². The Labute approximate surface area is 282 Å². The smallest absolute Gasteiger partial charge is 0.228 e. The van der Waals surface area contributed by atoms with Gasteiger partial charge in [0.25, 0.3) is 0 Å². The molecule has 5 nitrogen and oxygen atoms in total. The molecule has 234 valence electrons. The lowest BCUT2D eigenvalue weighted by Gasteiger charge is -2.24. The quantitative estimate of drug-likeness (QED) is 0.190. The zero-order chi connectivity index (χ0) is 35.2. The van der Waals surface area contributed by atoms with Gasteiger partial charge in [-0.2, -0.15) is 0 Å². The van der Waals surface area contributed by atoms with Gasteiger partial charge in [0.1, 0.15) is 22.5 Å². The van der Waals surface area contributed by atoms with Crippen molar-refractivity contribution >= 4 is 55.2 Å². The molecule has 0 aliphatic carbocycles. The molecule has 9 rings (SSSR count). The second kappa shape index (κ2) is 10.7. The Morgan fingerprint density at radius 1 is 0.667 bits per heavy atom. The number of furan rings is 2. The van der Waals surface area contributed by atoms with Crippen LogP contribution in [0.25, 0.3) is 83.4 Å². The van der Waals surface area contributed by atoms with Crippen LogP contribution < -0.4 is 0 Å². The van der Waals surface area contributed by atoms with Crippen molar-refractivity contribution in [3.05, 3.63) is 126 Å². The van der Waals surface area contributed by atoms with Crippen LogP contribution >= 0.6 is 0 Å². The molecule has 0 spiro atoms. The van der Waals surface area contributed by atoms with Crippen LogP contribution in [-0.2, 0) is 0 Å². The third-order valence-electron chi connectivity index (χ3n) is 9.50. The van der Waals surface area contributed by atoms with E-state index in [0.717, 1.165) is 22.3 Å². The number of nitrogens with zero attached hydrogens (tertiary/aromatic N) is 3. The fraction of sp³-hybridized carbons (Fsp3) is 0.163. The van der Waals surface area contributed by atoms with Crippen LogP contribution in [0, 0.1) is 6.85 Å². The molecule has 0 N–H and O–H groups in total. The molecular weight excluding hydrogens is 590 g/mol. The SMILES string of the molecule is [2H]C([2H])([2H])c1c2oc3c(-c4nc5ccccc5n4-c4c(C(C)C)cc(-c5ccccc5)cc4C(C)C)cccc3c2nc2oc3ccccc3c12. The Balaban J connectivity index is 1.39. The summed E-state index contributed by atoms with van der Waals surface area (Å²) in [5, 5.41) is 1.84. The van der Waals surface area contributed by atoms with E-state index in [1.54, 1.807) is 0 Å². The molecule has 48 heavy (non-hydrogen) atoms. The molecule has 0 saturated heterocycles. The molecule has 0 amide bonds. The van der Waals surface area contributed by atoms with Crippen molar-refractivity contribution in [3.8, 4) is 28.2 Å². The number of hydrogen-bond donors (Lipinski definition) is 0. The minimum atomic E-state index is -2.49. The van der Waals surface area contributed by atoms with Crippen molar-refractivity contribution in [1.29, 1.82) is 0 Å². The van der Waals surface area contributed by atoms with E-state index in [-0.39, 0.29) is 28.7 Å². The minimum absolute atomic E-state index is 0.101. The van der Waals surface area contributed by atoms with Crippen molar-refractivity contribution < 1.29 is 12.9 Å². The summed E-state index contributed by atoms with van der Waals surface area (Å²) in [5.74, 6) is 1.11. The lowest BCUT2D eigenvalue weighted by molar-refractivity contribution is 0.651. The highest BCUT2D eigenvalue weighted by Crippen LogP contribution is 2.44. The third-order valence-corrected chi connectivity index (χ3v) is 9.50. The number of rotatable bonds is 5. The highest BCUT2D eigenvalue weighted by Gasteiger charge is 2.26. The molecule has 0 bridgehead atoms. The summed E-state index contributed by atoms with van der Waals surface area (Å²) in [4.78, 5) is 10.2. The maximum absolute atomic E-state index is 8.66. The number of imidazole rings is 1. The van der Waals surface area contributed by atoms with Gasteiger partial charge in [-0.3, -0.25) is 4.57 Å². The van der Waals surface area contributed by atoms with E-state index in [9.17, 15) is 0 Å². The van der Waals surface area contributed by atoms with Gasteiger partial charge in [0.05, 0.1) is 27.7 Å². The van der Waals surface area contributed by atoms with E-state index >= 15 is 0 Å². The number of fused-ring (bicyclic) bond motifs is 7. The summed E-state index contributed by atoms with van der Waals surface area (Å²) < 4.78 is 41.1. The molecule has 0 aliphatic rings. The van der Waals surface area contributed by atoms with Crippen molar-refractivity contribution in [2.75, 3.05) is 0 Å². The van der Waals surface area contributed by atoms with E-state index < -0.39 is 6.85 Å². The number of pyridine rings is 1. The monoisotopic (exact) mass is 628 g/mol. The Morgan fingerprint density at radius 3 is 2.15 bits per heavy atom. The molecular formula is C43H35N3O2. The summed E-state index contributed by atoms with van der Waals surface area (Å²) in [7, 11) is 0. The molecule has 5 aromatic carbocycles. The number of aryl methyl sites for hydroxylation is 1. The lowest BCUT2D eigenvalue weighted by atomic mass is 9.88. The first kappa shape index (κ1) is 25.4. The first-order valence-corrected chi connectivity index (χ1v) is 16.5. The van der Waals surface area contributed by atoms with Crippen LogP contribution in [0.5, 0.6) is 0 Å². The molecule has 0 aliphatic heterocycles. The van der Waals surface area contributed by atoms with Gasteiger partial charge in [-0.25, -0.2) is 9.97 Å². The average Bonchev–Trinajstić information content (AvgIpc) is 3.81. The highest BCUT2D eigenvalue weighted by atomic mass is 16.3. The van der Waals surface area contributed by atoms with Gasteiger partial charge >= 0.3 is 0 Å². The van der Waals surface area contributed by atoms with Crippen molar-refractivity contribution in [1.82, 2.24) is 14.5 Å². The van der Waals surface area contributed by atoms with E-state index in [0.29, 0.717) is 38.7 Å². The predicted molar refractivity (Wildman–Crippen MR) is 197 cm³/mol. The van der Waals surface area contributed by atoms with Crippen LogP contribution in [0.2, 0.25) is 0 Å². The van der Waals surface area contributed by atoms with Crippen LogP contribution in [-0.4, -0.2) is 14.5 Å². The van der Waals surface area contributed by atoms with Gasteiger partial charge < -0.3 is 8.83 Å². The van der Waals surface area contributed by atoms with Crippen LogP contribution in [0.3, 0.4) is 0 Å². The number of aromatic nitrogens is 3. The number of hydrogen-bond acceptors (Lipinski definition) is 4. The number of para-hydroxylation sites is 4. The zero-order valence-corrected chi connectivity index (χ0v) is 27.2. The Morgan fingerprint density at radius 2 is 1.38 bits per heavy atom. The predicted octanol–water partition coefficient (Wildman–Crippen LogP) is 12.1. The molecule has 5 heteroatoms. The van der Waals surface area contributed by atoms with E-state index in [1.165, 1.54) is 22.3 Å². The molecule has 0 fully saturated rings. The fourth-order valence-electron chi connectivity index (χ4n) is 7.18. The Bertz CT molecular complexity index is 2780. The topological polar surface area (TPSA) is 57.0 Å². The Kier molecular flexibility index (Phi) is 5.65. The van der Waals surface area contributed by atoms with Crippen LogP contribution in [0.15, 0.2) is 118 Å². The van der Waals surface area contributed by atoms with Crippen LogP contribution in [0.4, 0.5) is 0 Å². The van der Waals surface area contributed by atoms with Gasteiger partial charge in [0.15, 0.2) is 5.58 Å². The third kappa shape index (κ3) is 4.17. The first-order valence-electron chi connectivity index (χ1n) is 18.0. The average molecular weight is 629 g/mol. The molecule has 4 aromatic heterocycles. The van der Waals surface area contributed by atoms with Crippen molar-refractivity contribution in [2.24, 2.45) is 0 Å². The first-order chi connectivity index (χ1) is 24.6. The van der Waals surface area contributed by atoms with E-state index in [1.807, 2.05) is 66.7 Å². The summed E-state index contributed by atoms with van der Waals surface area (Å²) in [6.07, 6.45) is 0. The molecule has 0 radical (unpaired) electrons. The molecule has 4 heterocycles. The summed E-state index contributed by atoms with van der Waals surface area (Å²) in [6, 6.07) is 36.6. The summed E-state index contributed by atoms with van der Waals surface area (Å²) in [5.41, 5.74) is 10.6. The van der Waals surface area contributed by atoms with E-state index in [4.69, 9.17) is 22.9 Å². The second-order valence-electron chi connectivity index (χ2n) is 13.2. The van der Waals surface area contributed by atoms with Gasteiger partial charge in [-0.15, -0.1) is 0 Å². The van der Waals surface area contributed by atoms with Gasteiger partial charge in [0, 0.05) is 20.4 Å². The maximum atomic E-state index is 8.66. The van der Waals surface area contributed by atoms with Crippen LogP contribution in [0.1, 0.15) is 60.3 Å². The van der Waals surface area contributed by atoms with Gasteiger partial charge in [-0.1, -0.05) is 94.4 Å². The summed E-state index contributed by atoms with van der Waals surface area (Å²) in [6.45, 7) is 6.44. The standard InChI is InChI=1S/C43H35N3O2/c1-24(2)32-22-28(27-14-7-6-8-15-27)23-33(25(3)4)39(32)46-35-20-11-10-19-34(35)44-42(46)31-18-13-17-30-38-40(48-41(30)31)26(5)37-29-16-9-12-21-36(29)47-43(37)45-38/h6-25H,1-5H3/i5D3. The van der Waals surface area contributed by atoms with E-state index in [2.05, 4.69) is 74.7 Å². The maximum Gasteiger partial charge on any atom is 0.228 e. The molecule has 0 saturated carbocycles. The van der Waals surface area contributed by atoms with Gasteiger partial charge in [0.2, 0.25) is 5.71 Å². The molecule has 9 aromatic rings. The van der Waals surface area contributed by atoms with Gasteiger partial charge in [-0.05, 0) is 83.4 Å². The summed E-state index contributed by atoms with van der Waals surface area (Å²) >= 11 is 0. The highest BCUT2D eigenvalue weighted by molar-refractivity contribution is 6.15. The normalized spacial score (nSPS) is 13.4. The minimum Gasteiger partial charge on any atom is -0.453 e. The zero-order valence-electron chi connectivity index (χ0n) is 30.2. The van der Waals surface area contributed by atoms with Crippen molar-refractivity contribution in [3.63, 3.8) is 0 Å². The number of benzene rings is 5. The molecule has 0 unspecified atom stereocenters. The Hall–Kier alpha value is -5.68. The molecule has 0 atom stereocenters. The largest absolute Gasteiger partial charge is 0.453 e. The fourth-order valence-corrected chi connectivity index (χ4v) is 7.18.